The molecule has 1 N–H and O–H groups in total. The van der Waals surface area contributed by atoms with Gasteiger partial charge in [-0.25, -0.2) is 8.42 Å². The van der Waals surface area contributed by atoms with Crippen LogP contribution in [0.1, 0.15) is 32.8 Å². The van der Waals surface area contributed by atoms with Crippen molar-refractivity contribution in [2.45, 2.75) is 45.8 Å². The maximum absolute atomic E-state index is 13.5. The Balaban J connectivity index is 2.42. The molecule has 0 radical (unpaired) electrons. The summed E-state index contributed by atoms with van der Waals surface area (Å²) in [6.45, 7) is 4.97. The zero-order valence-corrected chi connectivity index (χ0v) is 23.3. The van der Waals surface area contributed by atoms with Crippen LogP contribution in [0.15, 0.2) is 46.9 Å². The number of amides is 2. The Morgan fingerprint density at radius 3 is 2.29 bits per heavy atom. The highest BCUT2D eigenvalue weighted by molar-refractivity contribution is 9.10. The lowest BCUT2D eigenvalue weighted by atomic mass is 10.1. The Bertz CT molecular complexity index is 1150. The van der Waals surface area contributed by atoms with Gasteiger partial charge in [-0.3, -0.25) is 13.9 Å². The van der Waals surface area contributed by atoms with E-state index in [1.807, 2.05) is 13.8 Å². The Labute approximate surface area is 219 Å². The number of anilines is 1. The van der Waals surface area contributed by atoms with Gasteiger partial charge in [0.05, 0.1) is 22.0 Å². The summed E-state index contributed by atoms with van der Waals surface area (Å²) in [5.41, 5.74) is 0.974. The van der Waals surface area contributed by atoms with Crippen molar-refractivity contribution < 1.29 is 18.0 Å². The van der Waals surface area contributed by atoms with Crippen molar-refractivity contribution in [2.24, 2.45) is 0 Å². The zero-order valence-electron chi connectivity index (χ0n) is 19.4. The predicted molar refractivity (Wildman–Crippen MR) is 141 cm³/mol. The van der Waals surface area contributed by atoms with Crippen molar-refractivity contribution >= 4 is 66.7 Å². The Hall–Kier alpha value is -1.81. The maximum Gasteiger partial charge on any atom is 0.244 e. The molecule has 0 aliphatic carbocycles. The molecule has 2 rings (SSSR count). The van der Waals surface area contributed by atoms with Crippen molar-refractivity contribution in [2.75, 3.05) is 17.1 Å². The lowest BCUT2D eigenvalue weighted by molar-refractivity contribution is -0.139. The van der Waals surface area contributed by atoms with Gasteiger partial charge >= 0.3 is 0 Å². The molecule has 0 aliphatic heterocycles. The van der Waals surface area contributed by atoms with Gasteiger partial charge in [0.15, 0.2) is 0 Å². The summed E-state index contributed by atoms with van der Waals surface area (Å²) in [5.74, 6) is -0.881. The van der Waals surface area contributed by atoms with Crippen molar-refractivity contribution in [3.8, 4) is 0 Å². The minimum absolute atomic E-state index is 0.0401. The number of rotatable bonds is 10. The molecule has 2 aromatic carbocycles. The highest BCUT2D eigenvalue weighted by atomic mass is 79.9. The number of benzene rings is 2. The molecular formula is C23H28BrCl2N3O4S. The second-order valence-corrected chi connectivity index (χ2v) is 11.6. The van der Waals surface area contributed by atoms with E-state index in [0.29, 0.717) is 25.8 Å². The quantitative estimate of drug-likeness (QED) is 0.427. The topological polar surface area (TPSA) is 86.8 Å². The van der Waals surface area contributed by atoms with Crippen LogP contribution in [0.5, 0.6) is 0 Å². The first-order valence-corrected chi connectivity index (χ1v) is 14.0. The van der Waals surface area contributed by atoms with Crippen molar-refractivity contribution in [3.05, 3.63) is 62.5 Å². The van der Waals surface area contributed by atoms with Crippen LogP contribution in [0, 0.1) is 0 Å². The number of nitrogens with one attached hydrogen (secondary N) is 1. The molecule has 11 heteroatoms. The molecule has 0 aliphatic rings. The molecule has 34 heavy (non-hydrogen) atoms. The largest absolute Gasteiger partial charge is 0.352 e. The number of hydrogen-bond acceptors (Lipinski definition) is 4. The molecule has 0 unspecified atom stereocenters. The van der Waals surface area contributed by atoms with Crippen LogP contribution >= 0.6 is 39.1 Å². The van der Waals surface area contributed by atoms with Gasteiger partial charge in [-0.2, -0.15) is 0 Å². The smallest absolute Gasteiger partial charge is 0.244 e. The van der Waals surface area contributed by atoms with Crippen LogP contribution in [-0.2, 0) is 26.2 Å². The summed E-state index contributed by atoms with van der Waals surface area (Å²) in [7, 11) is -3.81. The lowest BCUT2D eigenvalue weighted by Gasteiger charge is -2.32. The molecule has 0 spiro atoms. The molecule has 0 bridgehead atoms. The van der Waals surface area contributed by atoms with Gasteiger partial charge in [0.2, 0.25) is 21.8 Å². The van der Waals surface area contributed by atoms with Crippen molar-refractivity contribution in [3.63, 3.8) is 0 Å². The normalized spacial score (nSPS) is 13.1. The van der Waals surface area contributed by atoms with Crippen LogP contribution in [-0.4, -0.2) is 50.0 Å². The minimum Gasteiger partial charge on any atom is -0.352 e. The van der Waals surface area contributed by atoms with Gasteiger partial charge in [0, 0.05) is 17.1 Å². The van der Waals surface area contributed by atoms with E-state index in [2.05, 4.69) is 21.2 Å². The van der Waals surface area contributed by atoms with Gasteiger partial charge in [-0.15, -0.1) is 0 Å². The van der Waals surface area contributed by atoms with Gasteiger partial charge in [0.1, 0.15) is 12.6 Å². The summed E-state index contributed by atoms with van der Waals surface area (Å²) in [5, 5.41) is 3.55. The first kappa shape index (κ1) is 28.4. The SMILES string of the molecule is CC[C@H](C)NC(=O)[C@@H](C)N(Cc1ccc(Cl)c(Cl)c1)C(=O)CN(c1ccccc1Br)S(C)(=O)=O. The fourth-order valence-electron chi connectivity index (χ4n) is 3.13. The molecule has 0 fully saturated rings. The van der Waals surface area contributed by atoms with E-state index in [4.69, 9.17) is 23.2 Å². The zero-order chi connectivity index (χ0) is 25.6. The standard InChI is InChI=1S/C23H28BrCl2N3O4S/c1-5-15(2)27-23(31)16(3)28(13-17-10-11-19(25)20(26)12-17)22(30)14-29(34(4,32)33)21-9-7-6-8-18(21)24/h6-12,15-16H,5,13-14H2,1-4H3,(H,27,31)/t15-,16+/m0/s1. The number of halogens is 3. The number of hydrogen-bond donors (Lipinski definition) is 1. The van der Waals surface area contributed by atoms with Crippen molar-refractivity contribution in [1.29, 1.82) is 0 Å². The van der Waals surface area contributed by atoms with Gasteiger partial charge in [-0.05, 0) is 66.0 Å². The third-order valence-electron chi connectivity index (χ3n) is 5.31. The van der Waals surface area contributed by atoms with Crippen LogP contribution in [0.25, 0.3) is 0 Å². The number of carbonyl (C=O) groups excluding carboxylic acids is 2. The molecule has 0 saturated carbocycles. The van der Waals surface area contributed by atoms with E-state index >= 15 is 0 Å². The van der Waals surface area contributed by atoms with Crippen LogP contribution in [0.2, 0.25) is 10.0 Å². The predicted octanol–water partition coefficient (Wildman–Crippen LogP) is 4.85. The molecule has 7 nitrogen and oxygen atoms in total. The summed E-state index contributed by atoms with van der Waals surface area (Å²) in [4.78, 5) is 27.7. The molecule has 2 aromatic rings. The Kier molecular flexibility index (Phi) is 10.2. The van der Waals surface area contributed by atoms with Gasteiger partial charge in [0.25, 0.3) is 0 Å². The molecule has 0 aromatic heterocycles. The molecule has 0 saturated heterocycles. The Morgan fingerprint density at radius 2 is 1.74 bits per heavy atom. The third kappa shape index (κ3) is 7.60. The number of nitrogens with zero attached hydrogens (tertiary/aromatic N) is 2. The van der Waals surface area contributed by atoms with E-state index in [9.17, 15) is 18.0 Å². The molecule has 2 amide bonds. The molecule has 2 atom stereocenters. The van der Waals surface area contributed by atoms with Crippen molar-refractivity contribution in [1.82, 2.24) is 10.2 Å². The van der Waals surface area contributed by atoms with Crippen LogP contribution < -0.4 is 9.62 Å². The van der Waals surface area contributed by atoms with E-state index < -0.39 is 28.5 Å². The second kappa shape index (κ2) is 12.2. The van der Waals surface area contributed by atoms with E-state index in [-0.39, 0.29) is 18.5 Å². The molecular weight excluding hydrogens is 565 g/mol. The molecule has 0 heterocycles. The second-order valence-electron chi connectivity index (χ2n) is 7.99. The summed E-state index contributed by atoms with van der Waals surface area (Å²) in [6.07, 6.45) is 1.76. The highest BCUT2D eigenvalue weighted by Crippen LogP contribution is 2.28. The van der Waals surface area contributed by atoms with E-state index in [1.54, 1.807) is 49.4 Å². The van der Waals surface area contributed by atoms with E-state index in [1.165, 1.54) is 4.90 Å². The number of sulfonamides is 1. The maximum atomic E-state index is 13.5. The fourth-order valence-corrected chi connectivity index (χ4v) is 4.93. The molecule has 186 valence electrons. The first-order valence-electron chi connectivity index (χ1n) is 10.6. The summed E-state index contributed by atoms with van der Waals surface area (Å²) >= 11 is 15.5. The van der Waals surface area contributed by atoms with Crippen LogP contribution in [0.4, 0.5) is 5.69 Å². The third-order valence-corrected chi connectivity index (χ3v) is 7.84. The average molecular weight is 593 g/mol. The number of carbonyl (C=O) groups is 2. The lowest BCUT2D eigenvalue weighted by Crippen LogP contribution is -2.52. The van der Waals surface area contributed by atoms with E-state index in [0.717, 1.165) is 17.0 Å². The Morgan fingerprint density at radius 1 is 1.09 bits per heavy atom. The van der Waals surface area contributed by atoms with Gasteiger partial charge < -0.3 is 10.2 Å². The monoisotopic (exact) mass is 591 g/mol. The summed E-state index contributed by atoms with van der Waals surface area (Å²) in [6, 6.07) is 10.7. The first-order chi connectivity index (χ1) is 15.8. The van der Waals surface area contributed by atoms with Crippen LogP contribution in [0.3, 0.4) is 0 Å². The number of para-hydroxylation sites is 1. The summed E-state index contributed by atoms with van der Waals surface area (Å²) < 4.78 is 26.7. The highest BCUT2D eigenvalue weighted by Gasteiger charge is 2.31. The fraction of sp³-hybridized carbons (Fsp3) is 0.391. The average Bonchev–Trinajstić information content (AvgIpc) is 2.77. The minimum atomic E-state index is -3.81. The van der Waals surface area contributed by atoms with Gasteiger partial charge in [-0.1, -0.05) is 48.3 Å².